The molecule has 0 spiro atoms. The summed E-state index contributed by atoms with van der Waals surface area (Å²) in [5, 5.41) is 12.6. The van der Waals surface area contributed by atoms with Gasteiger partial charge in [-0.25, -0.2) is 4.68 Å². The van der Waals surface area contributed by atoms with Crippen LogP contribution >= 0.6 is 0 Å². The summed E-state index contributed by atoms with van der Waals surface area (Å²) in [5.41, 5.74) is 3.69. The van der Waals surface area contributed by atoms with Gasteiger partial charge in [0.2, 0.25) is 6.79 Å². The summed E-state index contributed by atoms with van der Waals surface area (Å²) in [7, 11) is 1.70. The molecular weight excluding hydrogens is 420 g/mol. The molecule has 0 N–H and O–H groups in total. The third-order valence-corrected chi connectivity index (χ3v) is 6.32. The highest BCUT2D eigenvalue weighted by atomic mass is 16.7. The largest absolute Gasteiger partial charge is 0.454 e. The first-order valence-electron chi connectivity index (χ1n) is 11.4. The van der Waals surface area contributed by atoms with E-state index in [0.29, 0.717) is 19.9 Å². The van der Waals surface area contributed by atoms with Crippen LogP contribution in [0.4, 0.5) is 0 Å². The lowest BCUT2D eigenvalue weighted by Crippen LogP contribution is -2.48. The van der Waals surface area contributed by atoms with Gasteiger partial charge in [-0.2, -0.15) is 0 Å². The van der Waals surface area contributed by atoms with Crippen molar-refractivity contribution in [2.24, 2.45) is 0 Å². The monoisotopic (exact) mass is 450 g/mol. The van der Waals surface area contributed by atoms with Crippen LogP contribution in [0.15, 0.2) is 42.5 Å². The fourth-order valence-electron chi connectivity index (χ4n) is 4.49. The highest BCUT2D eigenvalue weighted by Crippen LogP contribution is 2.33. The van der Waals surface area contributed by atoms with Crippen LogP contribution in [0.2, 0.25) is 0 Å². The molecule has 174 valence electrons. The van der Waals surface area contributed by atoms with E-state index in [1.165, 1.54) is 16.7 Å². The Morgan fingerprint density at radius 3 is 2.58 bits per heavy atom. The minimum absolute atomic E-state index is 0.00477. The lowest BCUT2D eigenvalue weighted by atomic mass is 10.0. The zero-order valence-corrected chi connectivity index (χ0v) is 19.2. The van der Waals surface area contributed by atoms with Gasteiger partial charge in [0, 0.05) is 39.8 Å². The van der Waals surface area contributed by atoms with Crippen molar-refractivity contribution in [2.75, 3.05) is 46.7 Å². The van der Waals surface area contributed by atoms with Gasteiger partial charge in [0.25, 0.3) is 0 Å². The van der Waals surface area contributed by atoms with E-state index in [2.05, 4.69) is 68.6 Å². The number of methoxy groups -OCH3 is 1. The molecule has 0 aliphatic carbocycles. The average Bonchev–Trinajstić information content (AvgIpc) is 3.49. The average molecular weight is 451 g/mol. The quantitative estimate of drug-likeness (QED) is 0.517. The number of tetrazole rings is 1. The second kappa shape index (κ2) is 9.86. The second-order valence-corrected chi connectivity index (χ2v) is 8.57. The molecular formula is C24H30N6O3. The molecule has 3 heterocycles. The van der Waals surface area contributed by atoms with Crippen molar-refractivity contribution in [3.8, 4) is 11.5 Å². The van der Waals surface area contributed by atoms with E-state index in [-0.39, 0.29) is 6.04 Å². The smallest absolute Gasteiger partial charge is 0.231 e. The Bertz CT molecular complexity index is 1060. The first-order valence-corrected chi connectivity index (χ1v) is 11.4. The second-order valence-electron chi connectivity index (χ2n) is 8.57. The molecule has 1 aromatic heterocycles. The maximum Gasteiger partial charge on any atom is 0.231 e. The fraction of sp³-hybridized carbons (Fsp3) is 0.458. The number of rotatable bonds is 8. The molecule has 2 aliphatic rings. The van der Waals surface area contributed by atoms with E-state index in [1.54, 1.807) is 7.11 Å². The van der Waals surface area contributed by atoms with Gasteiger partial charge in [0.15, 0.2) is 17.3 Å². The number of aryl methyl sites for hydroxylation is 1. The predicted molar refractivity (Wildman–Crippen MR) is 122 cm³/mol. The zero-order valence-electron chi connectivity index (χ0n) is 19.2. The molecule has 1 atom stereocenters. The Morgan fingerprint density at radius 1 is 1.00 bits per heavy atom. The van der Waals surface area contributed by atoms with Crippen LogP contribution < -0.4 is 9.47 Å². The van der Waals surface area contributed by atoms with Gasteiger partial charge >= 0.3 is 0 Å². The summed E-state index contributed by atoms with van der Waals surface area (Å²) in [5.74, 6) is 2.53. The summed E-state index contributed by atoms with van der Waals surface area (Å²) in [6.45, 7) is 8.31. The third-order valence-electron chi connectivity index (χ3n) is 6.32. The van der Waals surface area contributed by atoms with Crippen molar-refractivity contribution < 1.29 is 14.2 Å². The summed E-state index contributed by atoms with van der Waals surface area (Å²) in [4.78, 5) is 4.96. The highest BCUT2D eigenvalue weighted by Gasteiger charge is 2.30. The van der Waals surface area contributed by atoms with Gasteiger partial charge in [-0.15, -0.1) is 5.10 Å². The minimum Gasteiger partial charge on any atom is -0.454 e. The molecule has 0 bridgehead atoms. The molecule has 0 unspecified atom stereocenters. The first-order chi connectivity index (χ1) is 16.2. The Kier molecular flexibility index (Phi) is 6.52. The first kappa shape index (κ1) is 21.8. The molecule has 9 nitrogen and oxygen atoms in total. The highest BCUT2D eigenvalue weighted by molar-refractivity contribution is 5.44. The number of hydrogen-bond donors (Lipinski definition) is 0. The van der Waals surface area contributed by atoms with E-state index >= 15 is 0 Å². The normalized spacial score (nSPS) is 17.4. The molecule has 1 saturated heterocycles. The number of benzene rings is 2. The van der Waals surface area contributed by atoms with Crippen molar-refractivity contribution in [1.82, 2.24) is 30.0 Å². The Hall–Kier alpha value is -3.01. The van der Waals surface area contributed by atoms with E-state index < -0.39 is 0 Å². The zero-order chi connectivity index (χ0) is 22.6. The fourth-order valence-corrected chi connectivity index (χ4v) is 4.49. The Labute approximate surface area is 193 Å². The van der Waals surface area contributed by atoms with Crippen molar-refractivity contribution in [3.05, 3.63) is 65.0 Å². The van der Waals surface area contributed by atoms with Crippen molar-refractivity contribution in [2.45, 2.75) is 26.1 Å². The molecule has 0 saturated carbocycles. The lowest BCUT2D eigenvalue weighted by Gasteiger charge is -2.39. The van der Waals surface area contributed by atoms with Gasteiger partial charge in [-0.3, -0.25) is 9.80 Å². The minimum atomic E-state index is 0.00477. The SMILES string of the molecule is COCCn1nnnc1[C@H](c1ccc(C)cc1)N1CCN(Cc2ccc3c(c2)OCO3)CC1. The molecule has 0 radical (unpaired) electrons. The van der Waals surface area contributed by atoms with Gasteiger partial charge in [0.1, 0.15) is 0 Å². The van der Waals surface area contributed by atoms with Crippen LogP contribution in [-0.2, 0) is 17.8 Å². The van der Waals surface area contributed by atoms with Gasteiger partial charge in [-0.1, -0.05) is 35.9 Å². The lowest BCUT2D eigenvalue weighted by molar-refractivity contribution is 0.0988. The molecule has 3 aromatic rings. The van der Waals surface area contributed by atoms with Crippen LogP contribution in [-0.4, -0.2) is 76.7 Å². The molecule has 2 aromatic carbocycles. The third kappa shape index (κ3) is 4.85. The van der Waals surface area contributed by atoms with Crippen molar-refractivity contribution in [3.63, 3.8) is 0 Å². The van der Waals surface area contributed by atoms with Gasteiger partial charge in [-0.05, 0) is 40.6 Å². The molecule has 1 fully saturated rings. The number of nitrogens with zero attached hydrogens (tertiary/aromatic N) is 6. The van der Waals surface area contributed by atoms with Gasteiger partial charge in [0.05, 0.1) is 19.2 Å². The summed E-state index contributed by atoms with van der Waals surface area (Å²) in [6.07, 6.45) is 0. The Morgan fingerprint density at radius 2 is 1.79 bits per heavy atom. The number of ether oxygens (including phenoxy) is 3. The maximum absolute atomic E-state index is 5.54. The van der Waals surface area contributed by atoms with Crippen LogP contribution in [0.25, 0.3) is 0 Å². The molecule has 9 heteroatoms. The number of fused-ring (bicyclic) bond motifs is 1. The molecule has 2 aliphatic heterocycles. The Balaban J connectivity index is 1.31. The number of hydrogen-bond acceptors (Lipinski definition) is 8. The van der Waals surface area contributed by atoms with E-state index in [1.807, 2.05) is 10.7 Å². The van der Waals surface area contributed by atoms with E-state index in [0.717, 1.165) is 50.0 Å². The van der Waals surface area contributed by atoms with Crippen molar-refractivity contribution >= 4 is 0 Å². The molecule has 5 rings (SSSR count). The number of piperazine rings is 1. The predicted octanol–water partition coefficient (Wildman–Crippen LogP) is 2.26. The van der Waals surface area contributed by atoms with Crippen LogP contribution in [0.5, 0.6) is 11.5 Å². The molecule has 0 amide bonds. The van der Waals surface area contributed by atoms with Crippen LogP contribution in [0.1, 0.15) is 28.6 Å². The topological polar surface area (TPSA) is 77.8 Å². The van der Waals surface area contributed by atoms with E-state index in [9.17, 15) is 0 Å². The summed E-state index contributed by atoms with van der Waals surface area (Å²) < 4.78 is 18.1. The summed E-state index contributed by atoms with van der Waals surface area (Å²) in [6, 6.07) is 14.9. The van der Waals surface area contributed by atoms with Gasteiger partial charge < -0.3 is 14.2 Å². The van der Waals surface area contributed by atoms with Crippen LogP contribution in [0.3, 0.4) is 0 Å². The van der Waals surface area contributed by atoms with Crippen LogP contribution in [0, 0.1) is 6.92 Å². The standard InChI is InChI=1S/C24H30N6O3/c1-18-3-6-20(7-4-18)23(24-25-26-27-30(24)13-14-31-2)29-11-9-28(10-12-29)16-19-5-8-21-22(15-19)33-17-32-21/h3-8,15,23H,9-14,16-17H2,1-2H3/t23-/m0/s1. The summed E-state index contributed by atoms with van der Waals surface area (Å²) >= 11 is 0. The van der Waals surface area contributed by atoms with Crippen molar-refractivity contribution in [1.29, 1.82) is 0 Å². The van der Waals surface area contributed by atoms with E-state index in [4.69, 9.17) is 14.2 Å². The number of aromatic nitrogens is 4. The molecule has 33 heavy (non-hydrogen) atoms. The maximum atomic E-state index is 5.54.